The maximum Gasteiger partial charge on any atom is 0.234 e. The summed E-state index contributed by atoms with van der Waals surface area (Å²) in [5, 5.41) is 3.99. The number of ketones is 1. The van der Waals surface area contributed by atoms with E-state index in [-0.39, 0.29) is 18.1 Å². The third kappa shape index (κ3) is 3.23. The van der Waals surface area contributed by atoms with Crippen molar-refractivity contribution in [2.75, 3.05) is 0 Å². The molecule has 0 N–H and O–H groups in total. The summed E-state index contributed by atoms with van der Waals surface area (Å²) >= 11 is 3.51. The number of carbonyl (C=O) groups is 1. The summed E-state index contributed by atoms with van der Waals surface area (Å²) in [6.45, 7) is 2.02. The van der Waals surface area contributed by atoms with Crippen LogP contribution >= 0.6 is 15.9 Å². The maximum atomic E-state index is 12.1. The minimum atomic E-state index is 0.187. The van der Waals surface area contributed by atoms with E-state index >= 15 is 0 Å². The Morgan fingerprint density at radius 3 is 2.86 bits per heavy atom. The Hall–Kier alpha value is -1.49. The summed E-state index contributed by atoms with van der Waals surface area (Å²) in [6.07, 6.45) is 4.57. The van der Waals surface area contributed by atoms with Gasteiger partial charge in [0.2, 0.25) is 11.7 Å². The fourth-order valence-corrected chi connectivity index (χ4v) is 3.45. The highest BCUT2D eigenvalue weighted by Gasteiger charge is 2.24. The third-order valence-corrected chi connectivity index (χ3v) is 4.63. The van der Waals surface area contributed by atoms with E-state index in [1.54, 1.807) is 0 Å². The molecule has 0 saturated heterocycles. The van der Waals surface area contributed by atoms with Crippen LogP contribution in [0, 0.1) is 12.8 Å². The first kappa shape index (κ1) is 14.4. The molecule has 0 atom stereocenters. The number of hydrogen-bond acceptors (Lipinski definition) is 4. The highest BCUT2D eigenvalue weighted by molar-refractivity contribution is 9.10. The Kier molecular flexibility index (Phi) is 4.19. The molecule has 1 aromatic heterocycles. The number of benzene rings is 1. The number of nitrogens with zero attached hydrogens (tertiary/aromatic N) is 2. The van der Waals surface area contributed by atoms with Crippen molar-refractivity contribution in [2.45, 2.75) is 39.0 Å². The predicted octanol–water partition coefficient (Wildman–Crippen LogP) is 4.11. The van der Waals surface area contributed by atoms with Gasteiger partial charge in [-0.1, -0.05) is 40.0 Å². The number of halogens is 1. The molecular weight excluding hydrogens is 332 g/mol. The first-order valence-corrected chi connectivity index (χ1v) is 8.04. The zero-order chi connectivity index (χ0) is 14.8. The number of rotatable bonds is 4. The lowest BCUT2D eigenvalue weighted by Gasteiger charge is -2.04. The molecule has 5 heteroatoms. The molecule has 0 unspecified atom stereocenters. The number of aryl methyl sites for hydroxylation is 1. The number of carbonyl (C=O) groups excluding carboxylic acids is 1. The molecule has 0 spiro atoms. The minimum absolute atomic E-state index is 0.187. The van der Waals surface area contributed by atoms with E-state index in [1.807, 2.05) is 25.1 Å². The van der Waals surface area contributed by atoms with Crippen molar-refractivity contribution < 1.29 is 9.32 Å². The molecule has 1 aliphatic carbocycles. The predicted molar refractivity (Wildman–Crippen MR) is 82.8 cm³/mol. The van der Waals surface area contributed by atoms with E-state index in [4.69, 9.17) is 4.52 Å². The monoisotopic (exact) mass is 348 g/mol. The molecule has 0 aliphatic heterocycles. The van der Waals surface area contributed by atoms with Crippen LogP contribution in [-0.4, -0.2) is 15.9 Å². The Balaban J connectivity index is 1.75. The van der Waals surface area contributed by atoms with Gasteiger partial charge in [-0.2, -0.15) is 4.98 Å². The molecule has 1 aromatic carbocycles. The lowest BCUT2D eigenvalue weighted by molar-refractivity contribution is -0.122. The molecule has 1 heterocycles. The van der Waals surface area contributed by atoms with Crippen LogP contribution in [0.1, 0.15) is 37.1 Å². The number of hydrogen-bond donors (Lipinski definition) is 0. The third-order valence-electron chi connectivity index (χ3n) is 3.97. The second-order valence-corrected chi connectivity index (χ2v) is 6.47. The average Bonchev–Trinajstić information content (AvgIpc) is 3.09. The molecule has 0 amide bonds. The van der Waals surface area contributed by atoms with E-state index in [1.165, 1.54) is 0 Å². The second kappa shape index (κ2) is 6.10. The average molecular weight is 349 g/mol. The smallest absolute Gasteiger partial charge is 0.234 e. The molecule has 1 fully saturated rings. The Labute approximate surface area is 132 Å². The van der Waals surface area contributed by atoms with E-state index in [0.717, 1.165) is 41.3 Å². The van der Waals surface area contributed by atoms with Crippen molar-refractivity contribution >= 4 is 21.7 Å². The zero-order valence-electron chi connectivity index (χ0n) is 11.9. The van der Waals surface area contributed by atoms with Crippen LogP contribution in [0.5, 0.6) is 0 Å². The Morgan fingerprint density at radius 1 is 1.38 bits per heavy atom. The highest BCUT2D eigenvalue weighted by atomic mass is 79.9. The zero-order valence-corrected chi connectivity index (χ0v) is 13.5. The van der Waals surface area contributed by atoms with Crippen LogP contribution in [0.3, 0.4) is 0 Å². The normalized spacial score (nSPS) is 15.5. The second-order valence-electron chi connectivity index (χ2n) is 5.62. The molecule has 4 nitrogen and oxygen atoms in total. The van der Waals surface area contributed by atoms with Gasteiger partial charge in [0.25, 0.3) is 0 Å². The number of aromatic nitrogens is 2. The quantitative estimate of drug-likeness (QED) is 0.834. The largest absolute Gasteiger partial charge is 0.338 e. The first-order valence-electron chi connectivity index (χ1n) is 7.25. The fraction of sp³-hybridized carbons (Fsp3) is 0.438. The topological polar surface area (TPSA) is 56.0 Å². The van der Waals surface area contributed by atoms with E-state index in [9.17, 15) is 4.79 Å². The SMILES string of the molecule is Cc1ccc(-c2noc(CC(=O)C3CCCC3)n2)c(Br)c1. The van der Waals surface area contributed by atoms with Gasteiger partial charge in [0, 0.05) is 16.0 Å². The van der Waals surface area contributed by atoms with Crippen LogP contribution in [0.2, 0.25) is 0 Å². The maximum absolute atomic E-state index is 12.1. The molecule has 21 heavy (non-hydrogen) atoms. The lowest BCUT2D eigenvalue weighted by atomic mass is 10.0. The summed E-state index contributed by atoms with van der Waals surface area (Å²) in [4.78, 5) is 16.5. The summed E-state index contributed by atoms with van der Waals surface area (Å²) in [6, 6.07) is 5.96. The van der Waals surface area contributed by atoms with Crippen molar-refractivity contribution in [3.05, 3.63) is 34.1 Å². The molecule has 3 rings (SSSR count). The summed E-state index contributed by atoms with van der Waals surface area (Å²) < 4.78 is 6.16. The number of Topliss-reactive ketones (excluding diaryl/α,β-unsaturated/α-hetero) is 1. The van der Waals surface area contributed by atoms with Gasteiger partial charge in [-0.3, -0.25) is 4.79 Å². The van der Waals surface area contributed by atoms with E-state index in [2.05, 4.69) is 26.1 Å². The molecule has 0 radical (unpaired) electrons. The van der Waals surface area contributed by atoms with Crippen molar-refractivity contribution in [1.29, 1.82) is 0 Å². The van der Waals surface area contributed by atoms with Gasteiger partial charge in [-0.25, -0.2) is 0 Å². The summed E-state index contributed by atoms with van der Waals surface area (Å²) in [5.74, 6) is 1.35. The molecule has 0 bridgehead atoms. The Morgan fingerprint density at radius 2 is 2.14 bits per heavy atom. The van der Waals surface area contributed by atoms with E-state index < -0.39 is 0 Å². The molecule has 1 aliphatic rings. The van der Waals surface area contributed by atoms with Crippen molar-refractivity contribution in [1.82, 2.24) is 10.1 Å². The van der Waals surface area contributed by atoms with E-state index in [0.29, 0.717) is 11.7 Å². The fourth-order valence-electron chi connectivity index (χ4n) is 2.78. The minimum Gasteiger partial charge on any atom is -0.338 e. The summed E-state index contributed by atoms with van der Waals surface area (Å²) in [5.41, 5.74) is 2.04. The molecular formula is C16H17BrN2O2. The van der Waals surface area contributed by atoms with Gasteiger partial charge in [-0.15, -0.1) is 0 Å². The summed E-state index contributed by atoms with van der Waals surface area (Å²) in [7, 11) is 0. The van der Waals surface area contributed by atoms with Crippen LogP contribution in [0.4, 0.5) is 0 Å². The van der Waals surface area contributed by atoms with Gasteiger partial charge < -0.3 is 4.52 Å². The van der Waals surface area contributed by atoms with Crippen LogP contribution in [-0.2, 0) is 11.2 Å². The van der Waals surface area contributed by atoms with Gasteiger partial charge in [0.15, 0.2) is 0 Å². The van der Waals surface area contributed by atoms with Gasteiger partial charge in [0.05, 0.1) is 6.42 Å². The van der Waals surface area contributed by atoms with Crippen molar-refractivity contribution in [3.63, 3.8) is 0 Å². The molecule has 1 saturated carbocycles. The van der Waals surface area contributed by atoms with Gasteiger partial charge in [0.1, 0.15) is 5.78 Å². The van der Waals surface area contributed by atoms with Crippen LogP contribution < -0.4 is 0 Å². The highest BCUT2D eigenvalue weighted by Crippen LogP contribution is 2.28. The van der Waals surface area contributed by atoms with Crippen molar-refractivity contribution in [3.8, 4) is 11.4 Å². The van der Waals surface area contributed by atoms with Gasteiger partial charge >= 0.3 is 0 Å². The van der Waals surface area contributed by atoms with Crippen LogP contribution in [0.15, 0.2) is 27.2 Å². The van der Waals surface area contributed by atoms with Crippen molar-refractivity contribution in [2.24, 2.45) is 5.92 Å². The molecule has 110 valence electrons. The lowest BCUT2D eigenvalue weighted by Crippen LogP contribution is -2.13. The first-order chi connectivity index (χ1) is 10.1. The standard InChI is InChI=1S/C16H17BrN2O2/c1-10-6-7-12(13(17)8-10)16-18-15(21-19-16)9-14(20)11-4-2-3-5-11/h6-8,11H,2-5,9H2,1H3. The Bertz CT molecular complexity index is 660. The van der Waals surface area contributed by atoms with Crippen LogP contribution in [0.25, 0.3) is 11.4 Å². The van der Waals surface area contributed by atoms with Gasteiger partial charge in [-0.05, 0) is 37.5 Å². The molecule has 2 aromatic rings.